The highest BCUT2D eigenvalue weighted by Gasteiger charge is 2.24. The number of pyridine rings is 1. The minimum atomic E-state index is -0.703. The molecule has 2 heterocycles. The molecular weight excluding hydrogens is 539 g/mol. The van der Waals surface area contributed by atoms with Crippen molar-refractivity contribution >= 4 is 46.2 Å². The number of carbonyl (C=O) groups is 3. The van der Waals surface area contributed by atoms with Crippen molar-refractivity contribution in [3.8, 4) is 0 Å². The highest BCUT2D eigenvalue weighted by molar-refractivity contribution is 6.31. The predicted octanol–water partition coefficient (Wildman–Crippen LogP) is 4.00. The molecule has 4 rings (SSSR count). The van der Waals surface area contributed by atoms with Gasteiger partial charge in [-0.05, 0) is 35.9 Å². The molecule has 4 amide bonds. The number of aromatic nitrogens is 1. The molecule has 1 unspecified atom stereocenters. The number of amides is 4. The summed E-state index contributed by atoms with van der Waals surface area (Å²) in [6, 6.07) is 12.8. The van der Waals surface area contributed by atoms with Crippen LogP contribution in [0.4, 0.5) is 19.8 Å². The lowest BCUT2D eigenvalue weighted by atomic mass is 10.1. The Balaban J connectivity index is 1.36. The molecule has 212 valence electrons. The number of ether oxygens (including phenoxy) is 1. The van der Waals surface area contributed by atoms with Gasteiger partial charge in [-0.25, -0.2) is 19.0 Å². The fourth-order valence-electron chi connectivity index (χ4n) is 4.40. The largest absolute Gasteiger partial charge is 0.447 e. The van der Waals surface area contributed by atoms with E-state index in [0.29, 0.717) is 43.9 Å². The first-order valence-electron chi connectivity index (χ1n) is 13.0. The smallest absolute Gasteiger partial charge is 0.412 e. The normalized spacial score (nSPS) is 14.1. The average molecular weight is 571 g/mol. The van der Waals surface area contributed by atoms with Crippen LogP contribution in [0, 0.1) is 5.82 Å². The summed E-state index contributed by atoms with van der Waals surface area (Å²) in [4.78, 5) is 45.1. The quantitative estimate of drug-likeness (QED) is 0.339. The number of hydrogen-bond donors (Lipinski definition) is 3. The van der Waals surface area contributed by atoms with Crippen LogP contribution < -0.4 is 16.0 Å². The second-order valence-corrected chi connectivity index (χ2v) is 9.85. The summed E-state index contributed by atoms with van der Waals surface area (Å²) < 4.78 is 19.3. The summed E-state index contributed by atoms with van der Waals surface area (Å²) in [6.45, 7) is 2.12. The van der Waals surface area contributed by atoms with Gasteiger partial charge in [0.05, 0.1) is 17.6 Å². The molecule has 0 bridgehead atoms. The Labute approximate surface area is 236 Å². The Bertz CT molecular complexity index is 1360. The third-order valence-electron chi connectivity index (χ3n) is 6.75. The van der Waals surface area contributed by atoms with E-state index in [4.69, 9.17) is 16.3 Å². The van der Waals surface area contributed by atoms with Crippen molar-refractivity contribution in [3.63, 3.8) is 0 Å². The molecule has 1 fully saturated rings. The lowest BCUT2D eigenvalue weighted by Crippen LogP contribution is -2.49. The Morgan fingerprint density at radius 1 is 1.23 bits per heavy atom. The summed E-state index contributed by atoms with van der Waals surface area (Å²) in [5, 5.41) is 10.2. The van der Waals surface area contributed by atoms with Gasteiger partial charge < -0.3 is 25.2 Å². The molecule has 0 radical (unpaired) electrons. The third kappa shape index (κ3) is 7.80. The van der Waals surface area contributed by atoms with E-state index < -0.39 is 24.0 Å². The maximum absolute atomic E-state index is 13.8. The van der Waals surface area contributed by atoms with Crippen LogP contribution in [0.15, 0.2) is 54.7 Å². The minimum absolute atomic E-state index is 0.0245. The molecular formula is C28H32ClFN6O4. The van der Waals surface area contributed by atoms with Crippen molar-refractivity contribution in [1.29, 1.82) is 0 Å². The monoisotopic (exact) mass is 570 g/mol. The third-order valence-corrected chi connectivity index (χ3v) is 7.17. The number of carbonyl (C=O) groups excluding carboxylic acids is 3. The maximum atomic E-state index is 13.8. The Hall–Kier alpha value is -3.96. The number of anilines is 1. The molecule has 3 N–H and O–H groups in total. The molecule has 1 aromatic heterocycles. The number of hydrogen-bond acceptors (Lipinski definition) is 6. The Morgan fingerprint density at radius 2 is 2.02 bits per heavy atom. The number of rotatable bonds is 10. The van der Waals surface area contributed by atoms with Crippen molar-refractivity contribution in [2.45, 2.75) is 25.4 Å². The van der Waals surface area contributed by atoms with E-state index in [-0.39, 0.29) is 24.1 Å². The fraction of sp³-hybridized carbons (Fsp3) is 0.357. The van der Waals surface area contributed by atoms with Crippen molar-refractivity contribution in [3.05, 3.63) is 71.1 Å². The molecule has 1 aliphatic heterocycles. The maximum Gasteiger partial charge on any atom is 0.412 e. The van der Waals surface area contributed by atoms with Gasteiger partial charge in [-0.2, -0.15) is 0 Å². The first-order chi connectivity index (χ1) is 19.3. The number of halogens is 2. The van der Waals surface area contributed by atoms with Crippen LogP contribution in [0.25, 0.3) is 10.8 Å². The lowest BCUT2D eigenvalue weighted by molar-refractivity contribution is -0.132. The minimum Gasteiger partial charge on any atom is -0.447 e. The van der Waals surface area contributed by atoms with E-state index >= 15 is 0 Å². The molecule has 2 aromatic carbocycles. The second-order valence-electron chi connectivity index (χ2n) is 9.48. The van der Waals surface area contributed by atoms with Crippen LogP contribution in [0.3, 0.4) is 0 Å². The van der Waals surface area contributed by atoms with Crippen LogP contribution in [0.5, 0.6) is 0 Å². The van der Waals surface area contributed by atoms with Gasteiger partial charge in [0.2, 0.25) is 5.91 Å². The van der Waals surface area contributed by atoms with Crippen LogP contribution in [0.2, 0.25) is 5.02 Å². The van der Waals surface area contributed by atoms with Crippen LogP contribution in [-0.2, 0) is 16.1 Å². The zero-order valence-electron chi connectivity index (χ0n) is 22.2. The zero-order chi connectivity index (χ0) is 28.5. The van der Waals surface area contributed by atoms with Gasteiger partial charge in [-0.15, -0.1) is 0 Å². The number of urea groups is 1. The highest BCUT2D eigenvalue weighted by Crippen LogP contribution is 2.20. The molecule has 0 spiro atoms. The van der Waals surface area contributed by atoms with Crippen molar-refractivity contribution in [2.75, 3.05) is 45.2 Å². The Kier molecular flexibility index (Phi) is 10.1. The second kappa shape index (κ2) is 13.9. The van der Waals surface area contributed by atoms with Crippen molar-refractivity contribution < 1.29 is 23.5 Å². The van der Waals surface area contributed by atoms with E-state index in [1.54, 1.807) is 30.3 Å². The molecule has 0 aliphatic carbocycles. The molecule has 3 aromatic rings. The molecule has 40 heavy (non-hydrogen) atoms. The number of fused-ring (bicyclic) bond motifs is 1. The van der Waals surface area contributed by atoms with E-state index in [9.17, 15) is 18.8 Å². The van der Waals surface area contributed by atoms with Crippen LogP contribution in [-0.4, -0.2) is 78.7 Å². The topological polar surface area (TPSA) is 116 Å². The molecule has 12 heteroatoms. The van der Waals surface area contributed by atoms with Gasteiger partial charge in [0.25, 0.3) is 0 Å². The van der Waals surface area contributed by atoms with Gasteiger partial charge in [-0.1, -0.05) is 48.0 Å². The number of benzene rings is 2. The number of nitrogens with zero attached hydrogens (tertiary/aromatic N) is 3. The number of likely N-dealkylation sites (N-methyl/N-ethyl adjacent to an activating group) is 1. The Morgan fingerprint density at radius 3 is 2.83 bits per heavy atom. The molecule has 10 nitrogen and oxygen atoms in total. The van der Waals surface area contributed by atoms with E-state index in [1.165, 1.54) is 17.0 Å². The summed E-state index contributed by atoms with van der Waals surface area (Å²) in [7, 11) is 1.59. The highest BCUT2D eigenvalue weighted by atomic mass is 35.5. The van der Waals surface area contributed by atoms with Crippen LogP contribution in [0.1, 0.15) is 18.4 Å². The summed E-state index contributed by atoms with van der Waals surface area (Å²) in [5.41, 5.74) is 0.440. The van der Waals surface area contributed by atoms with Gasteiger partial charge in [0, 0.05) is 44.8 Å². The van der Waals surface area contributed by atoms with Gasteiger partial charge >= 0.3 is 12.1 Å². The molecule has 1 aliphatic rings. The van der Waals surface area contributed by atoms with Crippen molar-refractivity contribution in [2.24, 2.45) is 0 Å². The summed E-state index contributed by atoms with van der Waals surface area (Å²) in [6.07, 6.45) is 2.03. The van der Waals surface area contributed by atoms with Gasteiger partial charge in [0.1, 0.15) is 18.2 Å². The van der Waals surface area contributed by atoms with Gasteiger partial charge in [-0.3, -0.25) is 10.1 Å². The standard InChI is InChI=1S/C28H32ClFN6O4/c1-35(27(38)33-16-21-8-4-10-23(30)26(21)29)22(9-5-12-36-13-11-31-17-25(36)37)18-40-28(39)34-24-14-19-6-2-3-7-20(19)15-32-24/h2-4,6-8,10,14-15,22,31H,5,9,11-13,16-18H2,1H3,(H,33,38)(H,32,34,39). The predicted molar refractivity (Wildman–Crippen MR) is 151 cm³/mol. The van der Waals surface area contributed by atoms with E-state index in [0.717, 1.165) is 17.3 Å². The molecule has 0 saturated carbocycles. The zero-order valence-corrected chi connectivity index (χ0v) is 22.9. The first-order valence-corrected chi connectivity index (χ1v) is 13.4. The van der Waals surface area contributed by atoms with E-state index in [2.05, 4.69) is 20.9 Å². The SMILES string of the molecule is CN(C(=O)NCc1cccc(F)c1Cl)C(CCCN1CCNCC1=O)COC(=O)Nc1cc2ccccc2cn1. The average Bonchev–Trinajstić information content (AvgIpc) is 2.96. The van der Waals surface area contributed by atoms with Crippen LogP contribution >= 0.6 is 11.6 Å². The molecule has 1 atom stereocenters. The number of nitrogens with one attached hydrogen (secondary N) is 3. The van der Waals surface area contributed by atoms with E-state index in [1.807, 2.05) is 24.3 Å². The number of piperazine rings is 1. The van der Waals surface area contributed by atoms with Gasteiger partial charge in [0.15, 0.2) is 0 Å². The summed E-state index contributed by atoms with van der Waals surface area (Å²) in [5.74, 6) is -0.197. The summed E-state index contributed by atoms with van der Waals surface area (Å²) >= 11 is 6.01. The molecule has 1 saturated heterocycles. The first kappa shape index (κ1) is 29.0. The fourth-order valence-corrected chi connectivity index (χ4v) is 4.59. The lowest BCUT2D eigenvalue weighted by Gasteiger charge is -2.30. The van der Waals surface area contributed by atoms with Crippen molar-refractivity contribution in [1.82, 2.24) is 25.4 Å².